The number of ketones is 1. The van der Waals surface area contributed by atoms with E-state index in [2.05, 4.69) is 15.0 Å². The van der Waals surface area contributed by atoms with Gasteiger partial charge in [0, 0.05) is 37.0 Å². The number of imidazole rings is 2. The van der Waals surface area contributed by atoms with Crippen LogP contribution in [0.3, 0.4) is 0 Å². The van der Waals surface area contributed by atoms with E-state index in [4.69, 9.17) is 5.41 Å². The number of halogens is 6. The second-order valence-corrected chi connectivity index (χ2v) is 9.00. The zero-order chi connectivity index (χ0) is 29.0. The molecule has 0 bridgehead atoms. The molecular formula is C26H19F6N7O. The first-order valence-corrected chi connectivity index (χ1v) is 11.6. The van der Waals surface area contributed by atoms with Crippen molar-refractivity contribution < 1.29 is 31.1 Å². The number of hydrogen-bond donors (Lipinski definition) is 1. The molecule has 0 saturated carbocycles. The molecule has 8 nitrogen and oxygen atoms in total. The van der Waals surface area contributed by atoms with Crippen molar-refractivity contribution in [2.45, 2.75) is 18.9 Å². The SMILES string of the molecule is Cn1cc(C(F)(F)F)nc1-c1ccc(Cn2c(=N)n(C)c3cnc(-c4ccccc4C(=O)C(F)(F)F)nc32)cc1. The van der Waals surface area contributed by atoms with Crippen LogP contribution >= 0.6 is 0 Å². The van der Waals surface area contributed by atoms with Gasteiger partial charge in [0.05, 0.1) is 12.7 Å². The third-order valence-electron chi connectivity index (χ3n) is 6.33. The number of carbonyl (C=O) groups is 1. The molecule has 0 spiro atoms. The molecule has 40 heavy (non-hydrogen) atoms. The molecule has 2 aromatic carbocycles. The van der Waals surface area contributed by atoms with Gasteiger partial charge < -0.3 is 9.13 Å². The number of benzene rings is 2. The van der Waals surface area contributed by atoms with Crippen molar-refractivity contribution >= 4 is 16.9 Å². The third-order valence-corrected chi connectivity index (χ3v) is 6.33. The Morgan fingerprint density at radius 2 is 1.62 bits per heavy atom. The Hall–Kier alpha value is -4.75. The van der Waals surface area contributed by atoms with E-state index in [1.807, 2.05) is 0 Å². The van der Waals surface area contributed by atoms with Crippen LogP contribution in [0.15, 0.2) is 60.9 Å². The Bertz CT molecular complexity index is 1810. The normalized spacial score (nSPS) is 12.3. The molecule has 0 unspecified atom stereocenters. The first kappa shape index (κ1) is 26.8. The van der Waals surface area contributed by atoms with Crippen LogP contribution in [0.25, 0.3) is 33.9 Å². The number of carbonyl (C=O) groups excluding carboxylic acids is 1. The maximum absolute atomic E-state index is 13.2. The van der Waals surface area contributed by atoms with Gasteiger partial charge in [0.1, 0.15) is 11.3 Å². The Morgan fingerprint density at radius 3 is 2.25 bits per heavy atom. The van der Waals surface area contributed by atoms with Crippen LogP contribution in [0, 0.1) is 5.41 Å². The number of nitrogens with one attached hydrogen (secondary N) is 1. The largest absolute Gasteiger partial charge is 0.454 e. The predicted octanol–water partition coefficient (Wildman–Crippen LogP) is 5.13. The monoisotopic (exact) mass is 559 g/mol. The van der Waals surface area contributed by atoms with Crippen molar-refractivity contribution in [3.8, 4) is 22.8 Å². The molecule has 1 N–H and O–H groups in total. The van der Waals surface area contributed by atoms with Gasteiger partial charge in [-0.2, -0.15) is 26.3 Å². The molecule has 0 fully saturated rings. The number of aromatic nitrogens is 6. The number of hydrogen-bond acceptors (Lipinski definition) is 5. The number of aryl methyl sites for hydroxylation is 2. The molecule has 0 aliphatic rings. The summed E-state index contributed by atoms with van der Waals surface area (Å²) in [6, 6.07) is 11.7. The fourth-order valence-corrected chi connectivity index (χ4v) is 4.32. The molecule has 14 heteroatoms. The van der Waals surface area contributed by atoms with E-state index in [0.717, 1.165) is 12.3 Å². The quantitative estimate of drug-likeness (QED) is 0.239. The molecular weight excluding hydrogens is 540 g/mol. The lowest BCUT2D eigenvalue weighted by atomic mass is 10.0. The molecule has 0 amide bonds. The summed E-state index contributed by atoms with van der Waals surface area (Å²) >= 11 is 0. The highest BCUT2D eigenvalue weighted by atomic mass is 19.4. The first-order valence-electron chi connectivity index (χ1n) is 11.6. The summed E-state index contributed by atoms with van der Waals surface area (Å²) in [6.07, 6.45) is -7.40. The van der Waals surface area contributed by atoms with E-state index >= 15 is 0 Å². The van der Waals surface area contributed by atoms with Crippen LogP contribution in [0.4, 0.5) is 26.3 Å². The summed E-state index contributed by atoms with van der Waals surface area (Å²) in [6.45, 7) is 0.115. The lowest BCUT2D eigenvalue weighted by Gasteiger charge is -2.10. The minimum Gasteiger partial charge on any atom is -0.333 e. The van der Waals surface area contributed by atoms with Gasteiger partial charge in [0.25, 0.3) is 5.78 Å². The van der Waals surface area contributed by atoms with Crippen molar-refractivity contribution in [1.82, 2.24) is 28.7 Å². The molecule has 0 aliphatic heterocycles. The molecule has 3 heterocycles. The fraction of sp³-hybridized carbons (Fsp3) is 0.192. The van der Waals surface area contributed by atoms with Crippen LogP contribution < -0.4 is 5.62 Å². The second-order valence-electron chi connectivity index (χ2n) is 9.00. The summed E-state index contributed by atoms with van der Waals surface area (Å²) in [5.41, 5.74) is 0.108. The lowest BCUT2D eigenvalue weighted by molar-refractivity contribution is -0.140. The van der Waals surface area contributed by atoms with Crippen LogP contribution in [0.2, 0.25) is 0 Å². The Balaban J connectivity index is 1.52. The van der Waals surface area contributed by atoms with E-state index in [0.29, 0.717) is 16.6 Å². The van der Waals surface area contributed by atoms with Gasteiger partial charge in [-0.25, -0.2) is 15.0 Å². The van der Waals surface area contributed by atoms with Gasteiger partial charge in [0.2, 0.25) is 5.62 Å². The number of fused-ring (bicyclic) bond motifs is 1. The van der Waals surface area contributed by atoms with Crippen molar-refractivity contribution in [1.29, 1.82) is 5.41 Å². The van der Waals surface area contributed by atoms with Gasteiger partial charge in [-0.15, -0.1) is 0 Å². The lowest BCUT2D eigenvalue weighted by Crippen LogP contribution is -2.23. The number of Topliss-reactive ketones (excluding diaryl/α,β-unsaturated/α-hetero) is 1. The summed E-state index contributed by atoms with van der Waals surface area (Å²) in [5, 5.41) is 8.54. The van der Waals surface area contributed by atoms with Crippen LogP contribution in [-0.2, 0) is 26.8 Å². The maximum Gasteiger partial charge on any atom is 0.454 e. The molecule has 206 valence electrons. The zero-order valence-electron chi connectivity index (χ0n) is 20.8. The first-order chi connectivity index (χ1) is 18.8. The molecule has 0 aliphatic carbocycles. The Morgan fingerprint density at radius 1 is 0.950 bits per heavy atom. The Kier molecular flexibility index (Phi) is 6.35. The number of nitrogens with zero attached hydrogens (tertiary/aromatic N) is 6. The summed E-state index contributed by atoms with van der Waals surface area (Å²) in [7, 11) is 3.06. The van der Waals surface area contributed by atoms with E-state index in [1.54, 1.807) is 31.3 Å². The highest BCUT2D eigenvalue weighted by Crippen LogP contribution is 2.31. The summed E-state index contributed by atoms with van der Waals surface area (Å²) < 4.78 is 83.0. The van der Waals surface area contributed by atoms with Crippen molar-refractivity contribution in [2.24, 2.45) is 14.1 Å². The maximum atomic E-state index is 13.2. The van der Waals surface area contributed by atoms with Crippen molar-refractivity contribution in [3.63, 3.8) is 0 Å². The second kappa shape index (κ2) is 9.47. The zero-order valence-corrected chi connectivity index (χ0v) is 20.8. The fourth-order valence-electron chi connectivity index (χ4n) is 4.32. The number of rotatable bonds is 5. The molecule has 0 saturated heterocycles. The van der Waals surface area contributed by atoms with Gasteiger partial charge in [0.15, 0.2) is 17.2 Å². The van der Waals surface area contributed by atoms with Crippen LogP contribution in [-0.4, -0.2) is 40.6 Å². The Labute approximate surface area is 221 Å². The standard InChI is InChI=1S/C26H19F6N7O/c1-37-13-19(25(27,28)29)35-22(37)15-9-7-14(8-10-15)12-39-23-18(38(2)24(39)33)11-34-21(36-23)17-6-4-3-5-16(17)20(40)26(30,31)32/h3-11,13,33H,12H2,1-2H3. The van der Waals surface area contributed by atoms with E-state index in [1.165, 1.54) is 45.1 Å². The van der Waals surface area contributed by atoms with Crippen LogP contribution in [0.1, 0.15) is 21.6 Å². The van der Waals surface area contributed by atoms with Crippen LogP contribution in [0.5, 0.6) is 0 Å². The molecule has 5 aromatic rings. The van der Waals surface area contributed by atoms with Crippen molar-refractivity contribution in [3.05, 3.63) is 83.4 Å². The minimum atomic E-state index is -5.09. The van der Waals surface area contributed by atoms with E-state index in [9.17, 15) is 31.1 Å². The highest BCUT2D eigenvalue weighted by molar-refractivity contribution is 6.05. The average molecular weight is 559 g/mol. The van der Waals surface area contributed by atoms with Gasteiger partial charge in [-0.3, -0.25) is 14.8 Å². The summed E-state index contributed by atoms with van der Waals surface area (Å²) in [5.74, 6) is -2.02. The van der Waals surface area contributed by atoms with E-state index < -0.39 is 29.4 Å². The predicted molar refractivity (Wildman–Crippen MR) is 131 cm³/mol. The molecule has 3 aromatic heterocycles. The smallest absolute Gasteiger partial charge is 0.333 e. The third kappa shape index (κ3) is 4.76. The summed E-state index contributed by atoms with van der Waals surface area (Å²) in [4.78, 5) is 24.3. The average Bonchev–Trinajstić information content (AvgIpc) is 3.41. The minimum absolute atomic E-state index is 0.0177. The molecule has 5 rings (SSSR count). The van der Waals surface area contributed by atoms with Gasteiger partial charge in [-0.1, -0.05) is 48.5 Å². The highest BCUT2D eigenvalue weighted by Gasteiger charge is 2.40. The molecule has 0 atom stereocenters. The molecule has 0 radical (unpaired) electrons. The van der Waals surface area contributed by atoms with Gasteiger partial charge in [-0.05, 0) is 5.56 Å². The van der Waals surface area contributed by atoms with Crippen molar-refractivity contribution in [2.75, 3.05) is 0 Å². The number of alkyl halides is 6. The topological polar surface area (TPSA) is 94.4 Å². The van der Waals surface area contributed by atoms with E-state index in [-0.39, 0.29) is 35.0 Å². The van der Waals surface area contributed by atoms with Gasteiger partial charge >= 0.3 is 12.4 Å².